The minimum atomic E-state index is 0.120. The fraction of sp³-hybridized carbons (Fsp3) is 0.364. The van der Waals surface area contributed by atoms with Crippen molar-refractivity contribution in [2.75, 3.05) is 13.1 Å². The van der Waals surface area contributed by atoms with Crippen LogP contribution in [0.15, 0.2) is 36.4 Å². The lowest BCUT2D eigenvalue weighted by Crippen LogP contribution is -2.41. The van der Waals surface area contributed by atoms with Gasteiger partial charge in [0, 0.05) is 31.5 Å². The molecule has 0 saturated carbocycles. The number of rotatable bonds is 3. The molecule has 1 aromatic heterocycles. The third kappa shape index (κ3) is 3.83. The molecule has 4 nitrogen and oxygen atoms in total. The zero-order chi connectivity index (χ0) is 19.0. The lowest BCUT2D eigenvalue weighted by molar-refractivity contribution is 0.0595. The van der Waals surface area contributed by atoms with Crippen LogP contribution in [0.5, 0.6) is 5.19 Å². The van der Waals surface area contributed by atoms with Crippen molar-refractivity contribution in [2.24, 2.45) is 0 Å². The number of likely N-dealkylation sites (tertiary alicyclic amines) is 1. The molecular weight excluding hydrogens is 356 g/mol. The van der Waals surface area contributed by atoms with E-state index < -0.39 is 0 Å². The number of aromatic nitrogens is 1. The molecule has 5 heteroatoms. The van der Waals surface area contributed by atoms with Gasteiger partial charge in [-0.05, 0) is 44.5 Å². The summed E-state index contributed by atoms with van der Waals surface area (Å²) in [6.45, 7) is 7.58. The van der Waals surface area contributed by atoms with Crippen LogP contribution in [0.4, 0.5) is 0 Å². The second-order valence-corrected chi connectivity index (χ2v) is 8.38. The summed E-state index contributed by atoms with van der Waals surface area (Å²) in [4.78, 5) is 19.4. The minimum absolute atomic E-state index is 0.120. The zero-order valence-electron chi connectivity index (χ0n) is 16.0. The van der Waals surface area contributed by atoms with E-state index in [4.69, 9.17) is 4.74 Å². The van der Waals surface area contributed by atoms with E-state index in [1.54, 1.807) is 11.3 Å². The largest absolute Gasteiger partial charge is 0.467 e. The smallest absolute Gasteiger partial charge is 0.274 e. The van der Waals surface area contributed by atoms with Gasteiger partial charge in [-0.1, -0.05) is 40.7 Å². The summed E-state index contributed by atoms with van der Waals surface area (Å²) in [7, 11) is 0. The number of thiazole rings is 1. The van der Waals surface area contributed by atoms with Gasteiger partial charge in [0.25, 0.3) is 11.1 Å². The molecule has 0 radical (unpaired) electrons. The van der Waals surface area contributed by atoms with Crippen molar-refractivity contribution in [3.63, 3.8) is 0 Å². The number of hydrogen-bond donors (Lipinski definition) is 0. The Kier molecular flexibility index (Phi) is 4.87. The molecular formula is C22H24N2O2S. The number of para-hydroxylation sites is 1. The van der Waals surface area contributed by atoms with Crippen molar-refractivity contribution in [3.05, 3.63) is 58.7 Å². The minimum Gasteiger partial charge on any atom is -0.467 e. The molecule has 0 bridgehead atoms. The first-order valence-electron chi connectivity index (χ1n) is 9.40. The number of fused-ring (bicyclic) bond motifs is 1. The number of piperidine rings is 1. The number of hydrogen-bond acceptors (Lipinski definition) is 4. The van der Waals surface area contributed by atoms with Crippen LogP contribution in [0.2, 0.25) is 0 Å². The number of amides is 1. The summed E-state index contributed by atoms with van der Waals surface area (Å²) in [5.74, 6) is 0.121. The highest BCUT2D eigenvalue weighted by molar-refractivity contribution is 7.20. The van der Waals surface area contributed by atoms with Crippen LogP contribution in [-0.4, -0.2) is 35.0 Å². The van der Waals surface area contributed by atoms with E-state index in [2.05, 4.69) is 36.2 Å². The quantitative estimate of drug-likeness (QED) is 0.649. The molecule has 2 heterocycles. The van der Waals surface area contributed by atoms with Gasteiger partial charge in [-0.25, -0.2) is 4.98 Å². The van der Waals surface area contributed by atoms with E-state index in [0.29, 0.717) is 0 Å². The normalized spacial score (nSPS) is 15.3. The number of aryl methyl sites for hydroxylation is 3. The van der Waals surface area contributed by atoms with Crippen molar-refractivity contribution < 1.29 is 9.53 Å². The highest BCUT2D eigenvalue weighted by Crippen LogP contribution is 2.31. The van der Waals surface area contributed by atoms with Gasteiger partial charge >= 0.3 is 0 Å². The standard InChI is InChI=1S/C22H24N2O2S/c1-14-11-15(2)13-17(12-14)21(25)24-9-7-18(8-10-24)26-22-23-20-16(3)5-4-6-19(20)27-22/h4-6,11-13,18H,7-10H2,1-3H3. The highest BCUT2D eigenvalue weighted by atomic mass is 32.1. The maximum atomic E-state index is 12.8. The molecule has 0 aliphatic carbocycles. The summed E-state index contributed by atoms with van der Waals surface area (Å²) in [6.07, 6.45) is 1.80. The summed E-state index contributed by atoms with van der Waals surface area (Å²) in [5, 5.41) is 0.735. The van der Waals surface area contributed by atoms with E-state index in [0.717, 1.165) is 58.0 Å². The molecule has 140 valence electrons. The highest BCUT2D eigenvalue weighted by Gasteiger charge is 2.25. The number of carbonyl (C=O) groups is 1. The fourth-order valence-corrected chi connectivity index (χ4v) is 4.68. The molecule has 4 rings (SSSR count). The first-order valence-corrected chi connectivity index (χ1v) is 10.2. The Morgan fingerprint density at radius 2 is 1.81 bits per heavy atom. The van der Waals surface area contributed by atoms with Crippen molar-refractivity contribution in [3.8, 4) is 5.19 Å². The van der Waals surface area contributed by atoms with Gasteiger partial charge in [0.15, 0.2) is 0 Å². The molecule has 0 atom stereocenters. The van der Waals surface area contributed by atoms with E-state index in [9.17, 15) is 4.79 Å². The molecule has 1 aliphatic rings. The summed E-state index contributed by atoms with van der Waals surface area (Å²) < 4.78 is 7.30. The number of nitrogens with zero attached hydrogens (tertiary/aromatic N) is 2. The number of benzene rings is 2. The van der Waals surface area contributed by atoms with Crippen LogP contribution >= 0.6 is 11.3 Å². The van der Waals surface area contributed by atoms with Crippen LogP contribution in [0.25, 0.3) is 10.2 Å². The van der Waals surface area contributed by atoms with Crippen molar-refractivity contribution >= 4 is 27.5 Å². The Labute approximate surface area is 163 Å². The number of carbonyl (C=O) groups excluding carboxylic acids is 1. The van der Waals surface area contributed by atoms with Crippen molar-refractivity contribution in [1.29, 1.82) is 0 Å². The lowest BCUT2D eigenvalue weighted by atomic mass is 10.0. The van der Waals surface area contributed by atoms with Crippen LogP contribution in [0, 0.1) is 20.8 Å². The molecule has 2 aromatic carbocycles. The van der Waals surface area contributed by atoms with Crippen LogP contribution in [-0.2, 0) is 0 Å². The third-order valence-electron chi connectivity index (χ3n) is 5.07. The van der Waals surface area contributed by atoms with E-state index in [-0.39, 0.29) is 12.0 Å². The number of ether oxygens (including phenoxy) is 1. The van der Waals surface area contributed by atoms with Gasteiger partial charge < -0.3 is 9.64 Å². The Bertz CT molecular complexity index is 967. The van der Waals surface area contributed by atoms with Crippen LogP contribution < -0.4 is 4.74 Å². The van der Waals surface area contributed by atoms with Gasteiger partial charge in [-0.2, -0.15) is 0 Å². The van der Waals surface area contributed by atoms with Gasteiger partial charge in [-0.3, -0.25) is 4.79 Å². The third-order valence-corrected chi connectivity index (χ3v) is 5.98. The molecule has 1 aliphatic heterocycles. The Morgan fingerprint density at radius 1 is 1.11 bits per heavy atom. The van der Waals surface area contributed by atoms with E-state index in [1.807, 2.05) is 30.9 Å². The average Bonchev–Trinajstić information content (AvgIpc) is 3.05. The second-order valence-electron chi connectivity index (χ2n) is 7.39. The van der Waals surface area contributed by atoms with Gasteiger partial charge in [-0.15, -0.1) is 0 Å². The van der Waals surface area contributed by atoms with E-state index >= 15 is 0 Å². The first kappa shape index (κ1) is 18.0. The average molecular weight is 381 g/mol. The Hall–Kier alpha value is -2.40. The zero-order valence-corrected chi connectivity index (χ0v) is 16.8. The maximum Gasteiger partial charge on any atom is 0.274 e. The van der Waals surface area contributed by atoms with Gasteiger partial charge in [0.1, 0.15) is 6.10 Å². The Morgan fingerprint density at radius 3 is 2.48 bits per heavy atom. The van der Waals surface area contributed by atoms with Gasteiger partial charge in [0.2, 0.25) is 0 Å². The molecule has 0 N–H and O–H groups in total. The molecule has 1 saturated heterocycles. The monoisotopic (exact) mass is 380 g/mol. The van der Waals surface area contributed by atoms with E-state index in [1.165, 1.54) is 5.56 Å². The predicted octanol–water partition coefficient (Wildman–Crippen LogP) is 4.91. The van der Waals surface area contributed by atoms with Gasteiger partial charge in [0.05, 0.1) is 10.2 Å². The van der Waals surface area contributed by atoms with Crippen LogP contribution in [0.1, 0.15) is 39.9 Å². The maximum absolute atomic E-state index is 12.8. The fourth-order valence-electron chi connectivity index (χ4n) is 3.72. The predicted molar refractivity (Wildman–Crippen MR) is 110 cm³/mol. The first-order chi connectivity index (χ1) is 13.0. The molecule has 0 spiro atoms. The lowest BCUT2D eigenvalue weighted by Gasteiger charge is -2.31. The SMILES string of the molecule is Cc1cc(C)cc(C(=O)N2CCC(Oc3nc4c(C)cccc4s3)CC2)c1. The molecule has 0 unspecified atom stereocenters. The second kappa shape index (κ2) is 7.31. The molecule has 27 heavy (non-hydrogen) atoms. The summed E-state index contributed by atoms with van der Waals surface area (Å²) >= 11 is 1.60. The van der Waals surface area contributed by atoms with Crippen LogP contribution in [0.3, 0.4) is 0 Å². The molecule has 1 fully saturated rings. The summed E-state index contributed by atoms with van der Waals surface area (Å²) in [5.41, 5.74) is 5.24. The van der Waals surface area contributed by atoms with Crippen molar-refractivity contribution in [2.45, 2.75) is 39.7 Å². The topological polar surface area (TPSA) is 42.4 Å². The summed E-state index contributed by atoms with van der Waals surface area (Å²) in [6, 6.07) is 12.2. The molecule has 3 aromatic rings. The Balaban J connectivity index is 1.39. The van der Waals surface area contributed by atoms with Crippen molar-refractivity contribution in [1.82, 2.24) is 9.88 Å². The molecule has 1 amide bonds.